The second-order valence-electron chi connectivity index (χ2n) is 4.38. The lowest BCUT2D eigenvalue weighted by Gasteiger charge is -2.19. The minimum atomic E-state index is -1.19. The van der Waals surface area contributed by atoms with Gasteiger partial charge in [0.25, 0.3) is 0 Å². The molecule has 0 spiro atoms. The molecule has 0 aromatic heterocycles. The summed E-state index contributed by atoms with van der Waals surface area (Å²) in [5, 5.41) is 14.1. The van der Waals surface area contributed by atoms with Crippen LogP contribution in [-0.4, -0.2) is 47.4 Å². The quantitative estimate of drug-likeness (QED) is 0.727. The average molecular weight is 309 g/mol. The van der Waals surface area contributed by atoms with E-state index in [9.17, 15) is 19.5 Å². The summed E-state index contributed by atoms with van der Waals surface area (Å²) in [6, 6.07) is 4.43. The number of hydrogen-bond acceptors (Lipinski definition) is 4. The van der Waals surface area contributed by atoms with E-state index in [-0.39, 0.29) is 6.54 Å². The summed E-state index contributed by atoms with van der Waals surface area (Å²) in [5.41, 5.74) is 0.452. The molecule has 0 bridgehead atoms. The van der Waals surface area contributed by atoms with Gasteiger partial charge in [-0.15, -0.1) is 11.8 Å². The van der Waals surface area contributed by atoms with E-state index in [0.717, 1.165) is 9.80 Å². The number of carboxylic acid groups (broad SMARTS) is 1. The number of benzene rings is 1. The molecular weight excluding hydrogens is 294 g/mol. The highest BCUT2D eigenvalue weighted by atomic mass is 32.2. The fourth-order valence-corrected chi connectivity index (χ4v) is 2.36. The predicted octanol–water partition coefficient (Wildman–Crippen LogP) is 1.27. The standard InChI is InChI=1S/C13H15N3O4S/c1-21-9-4-2-8(3-5-9)10(11(17)18)15-13(20)16-7-6-14-12(16)19/h2-5,10H,6-7H2,1H3,(H,14,19)(H,15,20)(H,17,18). The van der Waals surface area contributed by atoms with Crippen molar-refractivity contribution < 1.29 is 19.5 Å². The lowest BCUT2D eigenvalue weighted by Crippen LogP contribution is -2.45. The number of carbonyl (C=O) groups is 3. The molecule has 1 aliphatic heterocycles. The van der Waals surface area contributed by atoms with Gasteiger partial charge in [-0.3, -0.25) is 0 Å². The van der Waals surface area contributed by atoms with Gasteiger partial charge in [0.1, 0.15) is 0 Å². The van der Waals surface area contributed by atoms with Crippen LogP contribution in [-0.2, 0) is 4.79 Å². The number of imide groups is 1. The Hall–Kier alpha value is -2.22. The van der Waals surface area contributed by atoms with Crippen LogP contribution in [0.1, 0.15) is 11.6 Å². The Balaban J connectivity index is 2.13. The van der Waals surface area contributed by atoms with E-state index in [4.69, 9.17) is 0 Å². The van der Waals surface area contributed by atoms with E-state index in [0.29, 0.717) is 12.1 Å². The van der Waals surface area contributed by atoms with Gasteiger partial charge in [-0.1, -0.05) is 12.1 Å². The van der Waals surface area contributed by atoms with Gasteiger partial charge in [-0.05, 0) is 24.0 Å². The number of urea groups is 2. The highest BCUT2D eigenvalue weighted by molar-refractivity contribution is 7.98. The zero-order valence-corrected chi connectivity index (χ0v) is 12.1. The summed E-state index contributed by atoms with van der Waals surface area (Å²) in [6.07, 6.45) is 1.91. The highest BCUT2D eigenvalue weighted by Gasteiger charge is 2.30. The van der Waals surface area contributed by atoms with Crippen LogP contribution in [0.5, 0.6) is 0 Å². The number of amides is 4. The van der Waals surface area contributed by atoms with Gasteiger partial charge in [0.15, 0.2) is 6.04 Å². The molecule has 0 radical (unpaired) electrons. The second-order valence-corrected chi connectivity index (χ2v) is 5.26. The maximum Gasteiger partial charge on any atom is 0.330 e. The predicted molar refractivity (Wildman–Crippen MR) is 77.2 cm³/mol. The van der Waals surface area contributed by atoms with Crippen molar-refractivity contribution in [1.82, 2.24) is 15.5 Å². The Kier molecular flexibility index (Phi) is 4.69. The maximum atomic E-state index is 12.0. The van der Waals surface area contributed by atoms with E-state index in [1.807, 2.05) is 6.26 Å². The molecule has 21 heavy (non-hydrogen) atoms. The Morgan fingerprint density at radius 3 is 2.52 bits per heavy atom. The second kappa shape index (κ2) is 6.49. The van der Waals surface area contributed by atoms with Crippen LogP contribution in [0, 0.1) is 0 Å². The van der Waals surface area contributed by atoms with E-state index in [2.05, 4.69) is 10.6 Å². The third kappa shape index (κ3) is 3.46. The molecule has 112 valence electrons. The number of carbonyl (C=O) groups excluding carboxylic acids is 2. The summed E-state index contributed by atoms with van der Waals surface area (Å²) < 4.78 is 0. The molecule has 1 fully saturated rings. The first-order valence-corrected chi connectivity index (χ1v) is 7.48. The fourth-order valence-electron chi connectivity index (χ4n) is 1.95. The van der Waals surface area contributed by atoms with E-state index < -0.39 is 24.1 Å². The SMILES string of the molecule is CSc1ccc(C(NC(=O)N2CCNC2=O)C(=O)O)cc1. The Morgan fingerprint density at radius 1 is 1.38 bits per heavy atom. The van der Waals surface area contributed by atoms with Gasteiger partial charge in [0.2, 0.25) is 0 Å². The monoisotopic (exact) mass is 309 g/mol. The van der Waals surface area contributed by atoms with Crippen molar-refractivity contribution in [2.24, 2.45) is 0 Å². The first-order chi connectivity index (χ1) is 10.0. The summed E-state index contributed by atoms with van der Waals surface area (Å²) >= 11 is 1.54. The zero-order valence-electron chi connectivity index (χ0n) is 11.3. The van der Waals surface area contributed by atoms with Crippen molar-refractivity contribution >= 4 is 29.8 Å². The number of rotatable bonds is 4. The van der Waals surface area contributed by atoms with Crippen molar-refractivity contribution in [2.75, 3.05) is 19.3 Å². The molecule has 1 unspecified atom stereocenters. The molecule has 1 atom stereocenters. The van der Waals surface area contributed by atoms with E-state index in [1.54, 1.807) is 24.3 Å². The molecule has 7 nitrogen and oxygen atoms in total. The lowest BCUT2D eigenvalue weighted by molar-refractivity contribution is -0.139. The van der Waals surface area contributed by atoms with Gasteiger partial charge in [0.05, 0.1) is 0 Å². The van der Waals surface area contributed by atoms with Gasteiger partial charge in [0, 0.05) is 18.0 Å². The summed E-state index contributed by atoms with van der Waals surface area (Å²) in [5.74, 6) is -1.18. The van der Waals surface area contributed by atoms with Crippen LogP contribution in [0.15, 0.2) is 29.2 Å². The third-order valence-corrected chi connectivity index (χ3v) is 3.81. The summed E-state index contributed by atoms with van der Waals surface area (Å²) in [4.78, 5) is 36.6. The molecule has 1 aromatic carbocycles. The Bertz CT molecular complexity index is 561. The molecule has 1 saturated heterocycles. The molecule has 1 heterocycles. The lowest BCUT2D eigenvalue weighted by atomic mass is 10.1. The summed E-state index contributed by atoms with van der Waals surface area (Å²) in [7, 11) is 0. The van der Waals surface area contributed by atoms with Crippen LogP contribution in [0.2, 0.25) is 0 Å². The number of thioether (sulfide) groups is 1. The minimum Gasteiger partial charge on any atom is -0.479 e. The smallest absolute Gasteiger partial charge is 0.330 e. The number of aliphatic carboxylic acids is 1. The molecule has 4 amide bonds. The third-order valence-electron chi connectivity index (χ3n) is 3.07. The topological polar surface area (TPSA) is 98.7 Å². The van der Waals surface area contributed by atoms with Crippen molar-refractivity contribution in [3.63, 3.8) is 0 Å². The van der Waals surface area contributed by atoms with Crippen LogP contribution in [0.25, 0.3) is 0 Å². The highest BCUT2D eigenvalue weighted by Crippen LogP contribution is 2.19. The van der Waals surface area contributed by atoms with Crippen LogP contribution in [0.4, 0.5) is 9.59 Å². The number of carboxylic acids is 1. The largest absolute Gasteiger partial charge is 0.479 e. The van der Waals surface area contributed by atoms with Gasteiger partial charge >= 0.3 is 18.0 Å². The molecule has 1 aliphatic rings. The fraction of sp³-hybridized carbons (Fsp3) is 0.308. The molecule has 0 aliphatic carbocycles. The van der Waals surface area contributed by atoms with Crippen LogP contribution in [0.3, 0.4) is 0 Å². The van der Waals surface area contributed by atoms with Crippen LogP contribution < -0.4 is 10.6 Å². The number of hydrogen-bond donors (Lipinski definition) is 3. The molecule has 2 rings (SSSR count). The van der Waals surface area contributed by atoms with Crippen molar-refractivity contribution in [1.29, 1.82) is 0 Å². The molecule has 8 heteroatoms. The van der Waals surface area contributed by atoms with Crippen LogP contribution >= 0.6 is 11.8 Å². The van der Waals surface area contributed by atoms with Gasteiger partial charge in [-0.25, -0.2) is 19.3 Å². The first-order valence-electron chi connectivity index (χ1n) is 6.25. The van der Waals surface area contributed by atoms with Crippen molar-refractivity contribution in [3.8, 4) is 0 Å². The van der Waals surface area contributed by atoms with Gasteiger partial charge in [-0.2, -0.15) is 0 Å². The first kappa shape index (κ1) is 15.2. The molecule has 1 aromatic rings. The Labute approximate surface area is 125 Å². The van der Waals surface area contributed by atoms with Crippen molar-refractivity contribution in [3.05, 3.63) is 29.8 Å². The van der Waals surface area contributed by atoms with Crippen molar-refractivity contribution in [2.45, 2.75) is 10.9 Å². The van der Waals surface area contributed by atoms with E-state index >= 15 is 0 Å². The maximum absolute atomic E-state index is 12.0. The Morgan fingerprint density at radius 2 is 2.05 bits per heavy atom. The van der Waals surface area contributed by atoms with Gasteiger partial charge < -0.3 is 15.7 Å². The molecule has 0 saturated carbocycles. The average Bonchev–Trinajstić information content (AvgIpc) is 2.90. The normalized spacial score (nSPS) is 15.5. The minimum absolute atomic E-state index is 0.225. The summed E-state index contributed by atoms with van der Waals surface area (Å²) in [6.45, 7) is 0.592. The van der Waals surface area contributed by atoms with E-state index in [1.165, 1.54) is 11.8 Å². The zero-order chi connectivity index (χ0) is 15.4. The molecular formula is C13H15N3O4S. The number of nitrogens with one attached hydrogen (secondary N) is 2. The number of nitrogens with zero attached hydrogens (tertiary/aromatic N) is 1. The molecule has 3 N–H and O–H groups in total.